The molecule has 5 heteroatoms. The molecule has 0 bridgehead atoms. The van der Waals surface area contributed by atoms with Gasteiger partial charge in [0.2, 0.25) is 0 Å². The van der Waals surface area contributed by atoms with Crippen molar-refractivity contribution in [1.82, 2.24) is 14.5 Å². The Morgan fingerprint density at radius 3 is 2.48 bits per heavy atom. The number of benzene rings is 3. The number of aromatic nitrogens is 3. The van der Waals surface area contributed by atoms with Crippen LogP contribution in [0.1, 0.15) is 15.9 Å². The highest BCUT2D eigenvalue weighted by molar-refractivity contribution is 6.16. The van der Waals surface area contributed by atoms with Crippen LogP contribution in [0.25, 0.3) is 38.6 Å². The Labute approximate surface area is 167 Å². The van der Waals surface area contributed by atoms with Crippen LogP contribution in [0.4, 0.5) is 0 Å². The van der Waals surface area contributed by atoms with E-state index in [2.05, 4.69) is 51.8 Å². The molecular weight excluding hydrogens is 360 g/mol. The number of nitrogens with two attached hydrogens (primary N) is 1. The summed E-state index contributed by atoms with van der Waals surface area (Å²) in [4.78, 5) is 20.5. The number of amides is 1. The topological polar surface area (TPSA) is 73.8 Å². The van der Waals surface area contributed by atoms with Crippen LogP contribution in [0.5, 0.6) is 0 Å². The van der Waals surface area contributed by atoms with Gasteiger partial charge in [-0.1, -0.05) is 36.4 Å². The Morgan fingerprint density at radius 2 is 1.69 bits per heavy atom. The first-order valence-corrected chi connectivity index (χ1v) is 9.33. The SMILES string of the molecule is Cc1ccc(-n2c3ccccc3c3cccc(C(N)=O)c32)cc1-c1cncnc1. The second-order valence-corrected chi connectivity index (χ2v) is 7.04. The Balaban J connectivity index is 1.89. The molecule has 0 aliphatic heterocycles. The number of hydrogen-bond acceptors (Lipinski definition) is 3. The average Bonchev–Trinajstić information content (AvgIpc) is 3.09. The predicted molar refractivity (Wildman–Crippen MR) is 115 cm³/mol. The van der Waals surface area contributed by atoms with Crippen molar-refractivity contribution >= 4 is 27.7 Å². The van der Waals surface area contributed by atoms with E-state index in [4.69, 9.17) is 5.73 Å². The minimum atomic E-state index is -0.441. The molecule has 0 saturated heterocycles. The Bertz CT molecular complexity index is 1390. The van der Waals surface area contributed by atoms with Gasteiger partial charge in [0.05, 0.1) is 16.6 Å². The van der Waals surface area contributed by atoms with Gasteiger partial charge in [-0.05, 0) is 42.3 Å². The lowest BCUT2D eigenvalue weighted by molar-refractivity contribution is 0.100. The van der Waals surface area contributed by atoms with E-state index in [-0.39, 0.29) is 0 Å². The maximum atomic E-state index is 12.2. The van der Waals surface area contributed by atoms with E-state index in [0.29, 0.717) is 5.56 Å². The van der Waals surface area contributed by atoms with Crippen LogP contribution in [0.2, 0.25) is 0 Å². The summed E-state index contributed by atoms with van der Waals surface area (Å²) in [7, 11) is 0. The van der Waals surface area contributed by atoms with Crippen molar-refractivity contribution in [3.63, 3.8) is 0 Å². The highest BCUT2D eigenvalue weighted by atomic mass is 16.1. The summed E-state index contributed by atoms with van der Waals surface area (Å²) in [6.07, 6.45) is 5.13. The number of nitrogens with zero attached hydrogens (tertiary/aromatic N) is 3. The number of carbonyl (C=O) groups excluding carboxylic acids is 1. The minimum Gasteiger partial charge on any atom is -0.366 e. The van der Waals surface area contributed by atoms with Gasteiger partial charge in [-0.2, -0.15) is 0 Å². The maximum absolute atomic E-state index is 12.2. The average molecular weight is 378 g/mol. The summed E-state index contributed by atoms with van der Waals surface area (Å²) in [5.41, 5.74) is 12.1. The quantitative estimate of drug-likeness (QED) is 0.497. The van der Waals surface area contributed by atoms with Crippen LogP contribution in [-0.2, 0) is 0 Å². The van der Waals surface area contributed by atoms with Crippen LogP contribution in [-0.4, -0.2) is 20.4 Å². The van der Waals surface area contributed by atoms with Gasteiger partial charge in [0.15, 0.2) is 0 Å². The number of primary amides is 1. The molecule has 5 rings (SSSR count). The largest absolute Gasteiger partial charge is 0.366 e. The Hall–Kier alpha value is -3.99. The first-order chi connectivity index (χ1) is 14.1. The summed E-state index contributed by atoms with van der Waals surface area (Å²) >= 11 is 0. The number of carbonyl (C=O) groups is 1. The molecule has 0 saturated carbocycles. The molecule has 0 unspecified atom stereocenters. The van der Waals surface area contributed by atoms with E-state index >= 15 is 0 Å². The van der Waals surface area contributed by atoms with Crippen molar-refractivity contribution in [2.24, 2.45) is 5.73 Å². The minimum absolute atomic E-state index is 0.441. The van der Waals surface area contributed by atoms with Crippen molar-refractivity contribution in [2.75, 3.05) is 0 Å². The zero-order valence-corrected chi connectivity index (χ0v) is 15.8. The van der Waals surface area contributed by atoms with Crippen molar-refractivity contribution in [1.29, 1.82) is 0 Å². The molecule has 0 radical (unpaired) electrons. The molecule has 0 fully saturated rings. The highest BCUT2D eigenvalue weighted by Crippen LogP contribution is 2.35. The van der Waals surface area contributed by atoms with E-state index in [0.717, 1.165) is 44.2 Å². The Kier molecular flexibility index (Phi) is 3.88. The maximum Gasteiger partial charge on any atom is 0.250 e. The lowest BCUT2D eigenvalue weighted by Gasteiger charge is -2.13. The number of aryl methyl sites for hydroxylation is 1. The van der Waals surface area contributed by atoms with Gasteiger partial charge in [-0.15, -0.1) is 0 Å². The molecule has 2 N–H and O–H groups in total. The summed E-state index contributed by atoms with van der Waals surface area (Å²) in [6.45, 7) is 2.06. The third-order valence-corrected chi connectivity index (χ3v) is 5.31. The zero-order valence-electron chi connectivity index (χ0n) is 15.8. The van der Waals surface area contributed by atoms with Gasteiger partial charge in [-0.25, -0.2) is 9.97 Å². The standard InChI is InChI=1S/C24H18N4O/c1-15-9-10-17(11-21(15)16-12-26-14-27-13-16)28-22-8-3-2-5-18(22)19-6-4-7-20(23(19)28)24(25)29/h2-14H,1H3,(H2,25,29). The van der Waals surface area contributed by atoms with Gasteiger partial charge in [0.1, 0.15) is 6.33 Å². The van der Waals surface area contributed by atoms with Crippen LogP contribution in [0.15, 0.2) is 79.4 Å². The smallest absolute Gasteiger partial charge is 0.250 e. The molecular formula is C24H18N4O. The Morgan fingerprint density at radius 1 is 0.931 bits per heavy atom. The van der Waals surface area contributed by atoms with Crippen LogP contribution in [0, 0.1) is 6.92 Å². The molecule has 0 spiro atoms. The van der Waals surface area contributed by atoms with Crippen LogP contribution in [0.3, 0.4) is 0 Å². The molecule has 2 aromatic heterocycles. The third-order valence-electron chi connectivity index (χ3n) is 5.31. The summed E-state index contributed by atoms with van der Waals surface area (Å²) in [5, 5.41) is 2.08. The third kappa shape index (κ3) is 2.67. The molecule has 0 aliphatic carbocycles. The number of rotatable bonds is 3. The summed E-state index contributed by atoms with van der Waals surface area (Å²) < 4.78 is 2.11. The van der Waals surface area contributed by atoms with Crippen molar-refractivity contribution < 1.29 is 4.79 Å². The van der Waals surface area contributed by atoms with E-state index in [1.165, 1.54) is 6.33 Å². The normalized spacial score (nSPS) is 11.2. The van der Waals surface area contributed by atoms with Crippen molar-refractivity contribution in [2.45, 2.75) is 6.92 Å². The summed E-state index contributed by atoms with van der Waals surface area (Å²) in [5.74, 6) is -0.441. The van der Waals surface area contributed by atoms with Crippen LogP contribution >= 0.6 is 0 Å². The monoisotopic (exact) mass is 378 g/mol. The van der Waals surface area contributed by atoms with Gasteiger partial charge < -0.3 is 10.3 Å². The van der Waals surface area contributed by atoms with Crippen molar-refractivity contribution in [3.05, 3.63) is 90.5 Å². The fraction of sp³-hybridized carbons (Fsp3) is 0.0417. The number of hydrogen-bond donors (Lipinski definition) is 1. The molecule has 2 heterocycles. The van der Waals surface area contributed by atoms with E-state index in [9.17, 15) is 4.79 Å². The number of para-hydroxylation sites is 2. The second-order valence-electron chi connectivity index (χ2n) is 7.04. The van der Waals surface area contributed by atoms with Crippen molar-refractivity contribution in [3.8, 4) is 16.8 Å². The molecule has 0 aliphatic rings. The molecule has 5 aromatic rings. The lowest BCUT2D eigenvalue weighted by Crippen LogP contribution is -2.12. The molecule has 29 heavy (non-hydrogen) atoms. The molecule has 3 aromatic carbocycles. The van der Waals surface area contributed by atoms with E-state index < -0.39 is 5.91 Å². The molecule has 5 nitrogen and oxygen atoms in total. The molecule has 140 valence electrons. The fourth-order valence-corrected chi connectivity index (χ4v) is 3.98. The zero-order chi connectivity index (χ0) is 20.0. The number of fused-ring (bicyclic) bond motifs is 3. The van der Waals surface area contributed by atoms with E-state index in [1.54, 1.807) is 18.5 Å². The molecule has 0 atom stereocenters. The highest BCUT2D eigenvalue weighted by Gasteiger charge is 2.18. The first-order valence-electron chi connectivity index (χ1n) is 9.33. The van der Waals surface area contributed by atoms with Gasteiger partial charge in [0.25, 0.3) is 5.91 Å². The second kappa shape index (κ2) is 6.56. The van der Waals surface area contributed by atoms with Gasteiger partial charge >= 0.3 is 0 Å². The predicted octanol–water partition coefficient (Wildman–Crippen LogP) is 4.65. The molecule has 1 amide bonds. The first kappa shape index (κ1) is 17.1. The van der Waals surface area contributed by atoms with Crippen LogP contribution < -0.4 is 5.73 Å². The summed E-state index contributed by atoms with van der Waals surface area (Å²) in [6, 6.07) is 20.1. The van der Waals surface area contributed by atoms with Gasteiger partial charge in [-0.3, -0.25) is 4.79 Å². The fourth-order valence-electron chi connectivity index (χ4n) is 3.98. The van der Waals surface area contributed by atoms with E-state index in [1.807, 2.05) is 24.3 Å². The van der Waals surface area contributed by atoms with Gasteiger partial charge in [0, 0.05) is 34.4 Å². The lowest BCUT2D eigenvalue weighted by atomic mass is 10.0.